The fourth-order valence-corrected chi connectivity index (χ4v) is 5.86. The molecule has 2 aliphatic rings. The predicted molar refractivity (Wildman–Crippen MR) is 186 cm³/mol. The van der Waals surface area contributed by atoms with E-state index in [0.717, 1.165) is 39.9 Å². The maximum atomic E-state index is 12.6. The van der Waals surface area contributed by atoms with Gasteiger partial charge in [0.05, 0.1) is 28.6 Å². The molecule has 11 nitrogen and oxygen atoms in total. The van der Waals surface area contributed by atoms with Crippen LogP contribution in [-0.4, -0.2) is 70.9 Å². The second-order valence-electron chi connectivity index (χ2n) is 11.7. The highest BCUT2D eigenvalue weighted by Crippen LogP contribution is 2.33. The van der Waals surface area contributed by atoms with Crippen molar-refractivity contribution in [3.63, 3.8) is 0 Å². The number of hydrogen-bond acceptors (Lipinski definition) is 7. The van der Waals surface area contributed by atoms with Crippen LogP contribution in [0.4, 0.5) is 53.3 Å². The van der Waals surface area contributed by atoms with Crippen LogP contribution in [0.1, 0.15) is 29.2 Å². The molecule has 0 saturated carbocycles. The summed E-state index contributed by atoms with van der Waals surface area (Å²) in [6.45, 7) is 2.54. The zero-order chi connectivity index (χ0) is 38.2. The first-order chi connectivity index (χ1) is 25.2. The number of hydrogen-bond donors (Lipinski definition) is 2. The maximum Gasteiger partial charge on any atom is 0.573 e. The molecule has 4 amide bonds. The van der Waals surface area contributed by atoms with Crippen LogP contribution in [0.5, 0.6) is 5.75 Å². The van der Waals surface area contributed by atoms with Crippen LogP contribution in [0.15, 0.2) is 89.7 Å². The van der Waals surface area contributed by atoms with Gasteiger partial charge in [0.2, 0.25) is 5.95 Å². The van der Waals surface area contributed by atoms with Crippen molar-refractivity contribution in [3.05, 3.63) is 106 Å². The molecule has 1 fully saturated rings. The minimum absolute atomic E-state index is 0.150. The summed E-state index contributed by atoms with van der Waals surface area (Å²) < 4.78 is 78.9. The number of aromatic nitrogens is 2. The topological polar surface area (TPSA) is 127 Å². The third kappa shape index (κ3) is 10.7. The number of alkyl halides is 6. The Labute approximate surface area is 308 Å². The number of nitrogens with zero attached hydrogens (tertiary/aromatic N) is 6. The molecule has 0 radical (unpaired) electrons. The lowest BCUT2D eigenvalue weighted by Gasteiger charge is -2.36. The van der Waals surface area contributed by atoms with E-state index in [4.69, 9.17) is 5.26 Å². The smallest absolute Gasteiger partial charge is 0.406 e. The average Bonchev–Trinajstić information content (AvgIpc) is 3.12. The number of piperazine rings is 1. The summed E-state index contributed by atoms with van der Waals surface area (Å²) in [7, 11) is 0. The molecule has 278 valence electrons. The third-order valence-corrected chi connectivity index (χ3v) is 8.63. The lowest BCUT2D eigenvalue weighted by atomic mass is 9.91. The first kappa shape index (κ1) is 38.7. The van der Waals surface area contributed by atoms with Crippen molar-refractivity contribution in [3.8, 4) is 11.8 Å². The van der Waals surface area contributed by atoms with Gasteiger partial charge in [-0.25, -0.2) is 19.6 Å². The fourth-order valence-electron chi connectivity index (χ4n) is 5.66. The molecule has 2 aliphatic heterocycles. The summed E-state index contributed by atoms with van der Waals surface area (Å²) in [5.74, 6) is 0.252. The molecule has 1 unspecified atom stereocenters. The molecule has 2 N–H and O–H groups in total. The number of halogens is 7. The zero-order valence-electron chi connectivity index (χ0n) is 27.7. The van der Waals surface area contributed by atoms with Crippen molar-refractivity contribution in [1.29, 1.82) is 5.26 Å². The molecule has 6 rings (SSSR count). The summed E-state index contributed by atoms with van der Waals surface area (Å²) in [4.78, 5) is 38.6. The summed E-state index contributed by atoms with van der Waals surface area (Å²) in [5.41, 5.74) is 1.92. The lowest BCUT2D eigenvalue weighted by molar-refractivity contribution is -0.274. The predicted octanol–water partition coefficient (Wildman–Crippen LogP) is 8.24. The fraction of sp³-hybridized carbons (Fsp3) is 0.286. The van der Waals surface area contributed by atoms with Gasteiger partial charge in [-0.1, -0.05) is 24.3 Å². The Kier molecular flexibility index (Phi) is 12.3. The molecule has 4 aromatic rings. The zero-order valence-corrected chi connectivity index (χ0v) is 29.2. The quantitative estimate of drug-likeness (QED) is 0.195. The van der Waals surface area contributed by atoms with Crippen LogP contribution in [0.25, 0.3) is 0 Å². The number of fused-ring (bicyclic) bond motifs is 1. The summed E-state index contributed by atoms with van der Waals surface area (Å²) in [6.07, 6.45) is -5.03. The molecule has 1 saturated heterocycles. The highest BCUT2D eigenvalue weighted by molar-refractivity contribution is 9.10. The molecular formula is C35H31BrF6N8O3. The number of anilines is 3. The Morgan fingerprint density at radius 3 is 2.00 bits per heavy atom. The van der Waals surface area contributed by atoms with E-state index in [9.17, 15) is 35.9 Å². The Morgan fingerprint density at radius 1 is 0.830 bits per heavy atom. The number of nitrogens with one attached hydrogen (secondary N) is 2. The van der Waals surface area contributed by atoms with Gasteiger partial charge in [-0.3, -0.25) is 0 Å². The van der Waals surface area contributed by atoms with Gasteiger partial charge in [0.25, 0.3) is 0 Å². The van der Waals surface area contributed by atoms with Gasteiger partial charge in [0.1, 0.15) is 5.75 Å². The van der Waals surface area contributed by atoms with Crippen LogP contribution in [0, 0.1) is 11.3 Å². The van der Waals surface area contributed by atoms with Crippen molar-refractivity contribution >= 4 is 45.3 Å². The monoisotopic (exact) mass is 804 g/mol. The van der Waals surface area contributed by atoms with E-state index >= 15 is 0 Å². The van der Waals surface area contributed by atoms with E-state index in [1.54, 1.807) is 22.2 Å². The molecule has 3 aromatic carbocycles. The van der Waals surface area contributed by atoms with Gasteiger partial charge >= 0.3 is 24.6 Å². The van der Waals surface area contributed by atoms with Crippen LogP contribution < -0.4 is 20.3 Å². The number of rotatable bonds is 5. The van der Waals surface area contributed by atoms with Gasteiger partial charge in [-0.05, 0) is 82.0 Å². The lowest BCUT2D eigenvalue weighted by Crippen LogP contribution is -2.50. The van der Waals surface area contributed by atoms with Crippen molar-refractivity contribution < 1.29 is 40.7 Å². The van der Waals surface area contributed by atoms with E-state index < -0.39 is 24.1 Å². The number of carbonyl (C=O) groups excluding carboxylic acids is 2. The maximum absolute atomic E-state index is 12.6. The second-order valence-corrected chi connectivity index (χ2v) is 12.6. The molecule has 1 atom stereocenters. The molecule has 18 heteroatoms. The molecule has 1 aromatic heterocycles. The van der Waals surface area contributed by atoms with Crippen molar-refractivity contribution in [2.24, 2.45) is 0 Å². The van der Waals surface area contributed by atoms with Crippen LogP contribution >= 0.6 is 15.9 Å². The molecule has 0 bridgehead atoms. The summed E-state index contributed by atoms with van der Waals surface area (Å²) in [6, 6.07) is 17.9. The molecule has 3 heterocycles. The summed E-state index contributed by atoms with van der Waals surface area (Å²) in [5, 5.41) is 14.4. The Balaban J connectivity index is 0.000000204. The van der Waals surface area contributed by atoms with Gasteiger partial charge in [0.15, 0.2) is 0 Å². The SMILES string of the molecule is N#CCC1c2ccccc2CCN1C(=O)Nc1ccc(C(F)(F)F)cc1.O=C(Nc1ccc(OC(F)(F)F)cc1)N1CCN(c2ncc(Br)cn2)CC1. The van der Waals surface area contributed by atoms with E-state index in [-0.39, 0.29) is 29.9 Å². The van der Waals surface area contributed by atoms with Crippen LogP contribution in [0.2, 0.25) is 0 Å². The number of carbonyl (C=O) groups is 2. The van der Waals surface area contributed by atoms with E-state index in [1.165, 1.54) is 24.3 Å². The van der Waals surface area contributed by atoms with Crippen molar-refractivity contribution in [1.82, 2.24) is 19.8 Å². The second kappa shape index (κ2) is 16.8. The number of urea groups is 2. The van der Waals surface area contributed by atoms with E-state index in [1.807, 2.05) is 29.2 Å². The summed E-state index contributed by atoms with van der Waals surface area (Å²) >= 11 is 3.28. The van der Waals surface area contributed by atoms with Crippen LogP contribution in [0.3, 0.4) is 0 Å². The van der Waals surface area contributed by atoms with Gasteiger partial charge in [-0.15, -0.1) is 13.2 Å². The number of ether oxygens (including phenoxy) is 1. The van der Waals surface area contributed by atoms with Crippen molar-refractivity contribution in [2.45, 2.75) is 31.4 Å². The third-order valence-electron chi connectivity index (χ3n) is 8.22. The van der Waals surface area contributed by atoms with Gasteiger partial charge in [0, 0.05) is 56.5 Å². The van der Waals surface area contributed by atoms with Crippen molar-refractivity contribution in [2.75, 3.05) is 48.3 Å². The highest BCUT2D eigenvalue weighted by Gasteiger charge is 2.33. The molecule has 0 aliphatic carbocycles. The minimum Gasteiger partial charge on any atom is -0.406 e. The normalized spacial score (nSPS) is 15.7. The Hall–Kier alpha value is -5.57. The molecule has 53 heavy (non-hydrogen) atoms. The Bertz CT molecular complexity index is 1900. The number of nitriles is 1. The number of amides is 4. The van der Waals surface area contributed by atoms with Gasteiger partial charge < -0.3 is 30.1 Å². The molecule has 0 spiro atoms. The standard InChI is InChI=1S/C19H16F3N3O.C16H15BrF3N5O2/c20-19(21,22)14-5-7-15(8-6-14)24-18(26)25-12-10-13-3-1-2-4-16(13)17(25)9-11-23;17-11-9-21-14(22-10-11)24-5-7-25(8-6-24)15(26)23-12-1-3-13(4-2-12)27-16(18,19)20/h1-8,17H,9-10,12H2,(H,24,26);1-4,9-10H,5-8H2,(H,23,26). The van der Waals surface area contributed by atoms with E-state index in [0.29, 0.717) is 50.8 Å². The van der Waals surface area contributed by atoms with Gasteiger partial charge in [-0.2, -0.15) is 18.4 Å². The highest BCUT2D eigenvalue weighted by atomic mass is 79.9. The first-order valence-electron chi connectivity index (χ1n) is 16.0. The Morgan fingerprint density at radius 2 is 1.42 bits per heavy atom. The minimum atomic E-state index is -4.75. The largest absolute Gasteiger partial charge is 0.573 e. The van der Waals surface area contributed by atoms with Crippen LogP contribution in [-0.2, 0) is 12.6 Å². The first-order valence-corrected chi connectivity index (χ1v) is 16.8. The number of benzene rings is 3. The molecular weight excluding hydrogens is 774 g/mol. The average molecular weight is 806 g/mol. The van der Waals surface area contributed by atoms with E-state index in [2.05, 4.69) is 47.3 Å².